The van der Waals surface area contributed by atoms with Gasteiger partial charge in [-0.3, -0.25) is 4.79 Å². The molecule has 0 bridgehead atoms. The molecule has 28 heavy (non-hydrogen) atoms. The van der Waals surface area contributed by atoms with E-state index in [1.807, 2.05) is 0 Å². The molecule has 0 aliphatic rings. The first-order valence-electron chi connectivity index (χ1n) is 8.13. The summed E-state index contributed by atoms with van der Waals surface area (Å²) < 4.78 is 32.0. The van der Waals surface area contributed by atoms with Gasteiger partial charge in [0.05, 0.1) is 12.7 Å². The Balaban J connectivity index is 2.50. The molecule has 0 fully saturated rings. The molecule has 0 spiro atoms. The number of carbonyl (C=O) groups is 2. The summed E-state index contributed by atoms with van der Waals surface area (Å²) in [4.78, 5) is 24.3. The second-order valence-corrected chi connectivity index (χ2v) is 5.62. The first-order valence-corrected chi connectivity index (χ1v) is 8.13. The SMILES string of the molecule is CC/C(O)=C(\C#N)C(=O)Nc1ccc(-c2ccc(F)cc2F)c(C(=O)OC)c1. The summed E-state index contributed by atoms with van der Waals surface area (Å²) in [6, 6.07) is 8.49. The molecular weight excluding hydrogens is 370 g/mol. The smallest absolute Gasteiger partial charge is 0.338 e. The number of halogens is 2. The molecule has 144 valence electrons. The molecule has 0 saturated carbocycles. The van der Waals surface area contributed by atoms with Crippen LogP contribution in [0.1, 0.15) is 23.7 Å². The van der Waals surface area contributed by atoms with Crippen molar-refractivity contribution in [2.75, 3.05) is 12.4 Å². The fraction of sp³-hybridized carbons (Fsp3) is 0.150. The highest BCUT2D eigenvalue weighted by molar-refractivity contribution is 6.08. The van der Waals surface area contributed by atoms with Gasteiger partial charge < -0.3 is 15.2 Å². The lowest BCUT2D eigenvalue weighted by Gasteiger charge is -2.12. The number of carbonyl (C=O) groups excluding carboxylic acids is 2. The normalized spacial score (nSPS) is 11.2. The third-order valence-corrected chi connectivity index (χ3v) is 3.87. The Hall–Kier alpha value is -3.73. The Kier molecular flexibility index (Phi) is 6.45. The molecule has 0 heterocycles. The molecule has 6 nitrogen and oxygen atoms in total. The number of methoxy groups -OCH3 is 1. The lowest BCUT2D eigenvalue weighted by Crippen LogP contribution is -2.16. The van der Waals surface area contributed by atoms with Gasteiger partial charge in [-0.1, -0.05) is 13.0 Å². The van der Waals surface area contributed by atoms with Crippen LogP contribution in [0.2, 0.25) is 0 Å². The zero-order chi connectivity index (χ0) is 20.8. The van der Waals surface area contributed by atoms with Crippen molar-refractivity contribution in [3.63, 3.8) is 0 Å². The number of esters is 1. The Morgan fingerprint density at radius 1 is 1.18 bits per heavy atom. The average Bonchev–Trinajstić information content (AvgIpc) is 2.68. The predicted molar refractivity (Wildman–Crippen MR) is 97.3 cm³/mol. The van der Waals surface area contributed by atoms with E-state index in [4.69, 9.17) is 10.00 Å². The number of aliphatic hydroxyl groups is 1. The maximum absolute atomic E-state index is 14.1. The number of nitriles is 1. The van der Waals surface area contributed by atoms with Crippen molar-refractivity contribution < 1.29 is 28.2 Å². The molecule has 0 aromatic heterocycles. The monoisotopic (exact) mass is 386 g/mol. The molecular formula is C20H16F2N2O4. The Bertz CT molecular complexity index is 1010. The number of hydrogen-bond donors (Lipinski definition) is 2. The molecule has 8 heteroatoms. The van der Waals surface area contributed by atoms with Crippen LogP contribution >= 0.6 is 0 Å². The van der Waals surface area contributed by atoms with E-state index in [1.54, 1.807) is 13.0 Å². The van der Waals surface area contributed by atoms with Gasteiger partial charge in [-0.25, -0.2) is 13.6 Å². The summed E-state index contributed by atoms with van der Waals surface area (Å²) in [5, 5.41) is 21.1. The number of hydrogen-bond acceptors (Lipinski definition) is 5. The second kappa shape index (κ2) is 8.77. The molecule has 0 atom stereocenters. The Morgan fingerprint density at radius 3 is 2.43 bits per heavy atom. The van der Waals surface area contributed by atoms with Gasteiger partial charge in [-0.2, -0.15) is 5.26 Å². The van der Waals surface area contributed by atoms with E-state index in [9.17, 15) is 23.5 Å². The number of ether oxygens (including phenoxy) is 1. The van der Waals surface area contributed by atoms with Crippen LogP contribution in [0.3, 0.4) is 0 Å². The van der Waals surface area contributed by atoms with Crippen molar-refractivity contribution in [3.05, 3.63) is 64.9 Å². The molecule has 2 aromatic carbocycles. The van der Waals surface area contributed by atoms with E-state index in [0.29, 0.717) is 6.07 Å². The number of nitrogens with zero attached hydrogens (tertiary/aromatic N) is 1. The van der Waals surface area contributed by atoms with Crippen molar-refractivity contribution >= 4 is 17.6 Å². The summed E-state index contributed by atoms with van der Waals surface area (Å²) in [7, 11) is 1.13. The number of anilines is 1. The maximum Gasteiger partial charge on any atom is 0.338 e. The van der Waals surface area contributed by atoms with Crippen molar-refractivity contribution in [3.8, 4) is 17.2 Å². The highest BCUT2D eigenvalue weighted by atomic mass is 19.1. The molecule has 2 aromatic rings. The van der Waals surface area contributed by atoms with Crippen molar-refractivity contribution in [1.82, 2.24) is 0 Å². The number of allylic oxidation sites excluding steroid dienone is 1. The molecule has 2 N–H and O–H groups in total. The molecule has 2 rings (SSSR count). The predicted octanol–water partition coefficient (Wildman–Crippen LogP) is 4.10. The van der Waals surface area contributed by atoms with E-state index < -0.39 is 29.1 Å². The van der Waals surface area contributed by atoms with Gasteiger partial charge in [0.15, 0.2) is 5.57 Å². The van der Waals surface area contributed by atoms with Gasteiger partial charge in [-0.05, 0) is 29.8 Å². The van der Waals surface area contributed by atoms with E-state index in [-0.39, 0.29) is 34.6 Å². The fourth-order valence-corrected chi connectivity index (χ4v) is 2.46. The Labute approximate surface area is 159 Å². The maximum atomic E-state index is 14.1. The summed E-state index contributed by atoms with van der Waals surface area (Å²) in [6.45, 7) is 1.57. The molecule has 0 unspecified atom stereocenters. The van der Waals surface area contributed by atoms with Crippen LogP contribution in [0.25, 0.3) is 11.1 Å². The van der Waals surface area contributed by atoms with Crippen LogP contribution in [0.5, 0.6) is 0 Å². The summed E-state index contributed by atoms with van der Waals surface area (Å²) >= 11 is 0. The molecule has 1 amide bonds. The van der Waals surface area contributed by atoms with E-state index in [1.165, 1.54) is 24.3 Å². The average molecular weight is 386 g/mol. The first kappa shape index (κ1) is 20.6. The minimum Gasteiger partial charge on any atom is -0.511 e. The number of nitrogens with one attached hydrogen (secondary N) is 1. The lowest BCUT2D eigenvalue weighted by atomic mass is 9.98. The minimum absolute atomic E-state index is 0.0269. The summed E-state index contributed by atoms with van der Waals surface area (Å²) in [5.74, 6) is -3.68. The molecule has 0 saturated heterocycles. The fourth-order valence-electron chi connectivity index (χ4n) is 2.46. The number of rotatable bonds is 5. The van der Waals surface area contributed by atoms with Crippen LogP contribution in [0.15, 0.2) is 47.7 Å². The zero-order valence-corrected chi connectivity index (χ0v) is 15.0. The van der Waals surface area contributed by atoms with Gasteiger partial charge in [0, 0.05) is 23.7 Å². The Morgan fingerprint density at radius 2 is 1.86 bits per heavy atom. The number of benzene rings is 2. The highest BCUT2D eigenvalue weighted by Gasteiger charge is 2.19. The van der Waals surface area contributed by atoms with E-state index >= 15 is 0 Å². The summed E-state index contributed by atoms with van der Waals surface area (Å²) in [6.07, 6.45) is 0.0898. The van der Waals surface area contributed by atoms with E-state index in [0.717, 1.165) is 13.2 Å². The molecule has 0 aliphatic heterocycles. The molecule has 0 aliphatic carbocycles. The van der Waals surface area contributed by atoms with Gasteiger partial charge in [-0.15, -0.1) is 0 Å². The third-order valence-electron chi connectivity index (χ3n) is 3.87. The molecule has 0 radical (unpaired) electrons. The van der Waals surface area contributed by atoms with Crippen LogP contribution < -0.4 is 5.32 Å². The van der Waals surface area contributed by atoms with Crippen LogP contribution in [-0.2, 0) is 9.53 Å². The van der Waals surface area contributed by atoms with Gasteiger partial charge >= 0.3 is 5.97 Å². The van der Waals surface area contributed by atoms with Gasteiger partial charge in [0.25, 0.3) is 5.91 Å². The van der Waals surface area contributed by atoms with Crippen molar-refractivity contribution in [2.45, 2.75) is 13.3 Å². The quantitative estimate of drug-likeness (QED) is 0.349. The third kappa shape index (κ3) is 4.32. The topological polar surface area (TPSA) is 99.4 Å². The first-order chi connectivity index (χ1) is 13.3. The van der Waals surface area contributed by atoms with Crippen LogP contribution in [0.4, 0.5) is 14.5 Å². The van der Waals surface area contributed by atoms with Crippen molar-refractivity contribution in [1.29, 1.82) is 5.26 Å². The standard InChI is InChI=1S/C20H16F2N2O4/c1-3-18(25)16(10-23)19(26)24-12-5-7-13(15(9-12)20(27)28-2)14-6-4-11(21)8-17(14)22/h4-9,25H,3H2,1-2H3,(H,24,26)/b18-16-. The number of aliphatic hydroxyl groups excluding tert-OH is 1. The van der Waals surface area contributed by atoms with Gasteiger partial charge in [0.2, 0.25) is 0 Å². The number of amides is 1. The minimum atomic E-state index is -0.871. The zero-order valence-electron chi connectivity index (χ0n) is 15.0. The van der Waals surface area contributed by atoms with Gasteiger partial charge in [0.1, 0.15) is 23.5 Å². The highest BCUT2D eigenvalue weighted by Crippen LogP contribution is 2.30. The van der Waals surface area contributed by atoms with Crippen LogP contribution in [0, 0.1) is 23.0 Å². The van der Waals surface area contributed by atoms with E-state index in [2.05, 4.69) is 5.32 Å². The second-order valence-electron chi connectivity index (χ2n) is 5.62. The van der Waals surface area contributed by atoms with Crippen molar-refractivity contribution in [2.24, 2.45) is 0 Å². The largest absolute Gasteiger partial charge is 0.511 e. The lowest BCUT2D eigenvalue weighted by molar-refractivity contribution is -0.112. The summed E-state index contributed by atoms with van der Waals surface area (Å²) in [5.41, 5.74) is -0.312. The van der Waals surface area contributed by atoms with Crippen LogP contribution in [-0.4, -0.2) is 24.1 Å².